The fourth-order valence-electron chi connectivity index (χ4n) is 1.86. The SMILES string of the molecule is CNC(=O)CCNCC(O)COc1cc(C)cc(C)c1. The van der Waals surface area contributed by atoms with Crippen LogP contribution in [0.3, 0.4) is 0 Å². The lowest BCUT2D eigenvalue weighted by atomic mass is 10.1. The first-order chi connectivity index (χ1) is 9.51. The number of amides is 1. The Bertz CT molecular complexity index is 415. The maximum atomic E-state index is 11.0. The standard InChI is InChI=1S/C15H24N2O3/c1-11-6-12(2)8-14(7-11)20-10-13(18)9-17-5-4-15(19)16-3/h6-8,13,17-18H,4-5,9-10H2,1-3H3,(H,16,19). The highest BCUT2D eigenvalue weighted by Crippen LogP contribution is 2.16. The van der Waals surface area contributed by atoms with Gasteiger partial charge in [0, 0.05) is 26.6 Å². The zero-order chi connectivity index (χ0) is 15.0. The van der Waals surface area contributed by atoms with Crippen molar-refractivity contribution in [3.63, 3.8) is 0 Å². The van der Waals surface area contributed by atoms with Gasteiger partial charge in [-0.05, 0) is 37.1 Å². The molecule has 0 radical (unpaired) electrons. The summed E-state index contributed by atoms with van der Waals surface area (Å²) in [6.07, 6.45) is -0.193. The molecule has 3 N–H and O–H groups in total. The van der Waals surface area contributed by atoms with Crippen LogP contribution in [0.15, 0.2) is 18.2 Å². The molecule has 0 aliphatic rings. The number of aliphatic hydroxyl groups excluding tert-OH is 1. The molecule has 0 aliphatic carbocycles. The van der Waals surface area contributed by atoms with E-state index in [0.29, 0.717) is 19.5 Å². The number of ether oxygens (including phenoxy) is 1. The normalized spacial score (nSPS) is 12.0. The average molecular weight is 280 g/mol. The molecule has 0 aliphatic heterocycles. The summed E-state index contributed by atoms with van der Waals surface area (Å²) in [6.45, 7) is 5.20. The van der Waals surface area contributed by atoms with E-state index >= 15 is 0 Å². The van der Waals surface area contributed by atoms with Gasteiger partial charge >= 0.3 is 0 Å². The van der Waals surface area contributed by atoms with Crippen LogP contribution >= 0.6 is 0 Å². The first-order valence-electron chi connectivity index (χ1n) is 6.81. The van der Waals surface area contributed by atoms with Crippen molar-refractivity contribution < 1.29 is 14.6 Å². The molecule has 0 saturated carbocycles. The van der Waals surface area contributed by atoms with Crippen LogP contribution in [-0.4, -0.2) is 43.9 Å². The van der Waals surface area contributed by atoms with E-state index in [1.54, 1.807) is 7.05 Å². The Balaban J connectivity index is 2.22. The van der Waals surface area contributed by atoms with E-state index in [9.17, 15) is 9.90 Å². The lowest BCUT2D eigenvalue weighted by Gasteiger charge is -2.14. The molecule has 5 nitrogen and oxygen atoms in total. The molecule has 1 aromatic carbocycles. The van der Waals surface area contributed by atoms with Gasteiger partial charge in [-0.2, -0.15) is 0 Å². The minimum Gasteiger partial charge on any atom is -0.491 e. The molecule has 0 aromatic heterocycles. The number of rotatable bonds is 8. The second kappa shape index (κ2) is 8.55. The third-order valence-electron chi connectivity index (χ3n) is 2.83. The number of carbonyl (C=O) groups is 1. The lowest BCUT2D eigenvalue weighted by Crippen LogP contribution is -2.33. The highest BCUT2D eigenvalue weighted by atomic mass is 16.5. The lowest BCUT2D eigenvalue weighted by molar-refractivity contribution is -0.120. The van der Waals surface area contributed by atoms with Crippen LogP contribution in [0, 0.1) is 13.8 Å². The number of hydrogen-bond acceptors (Lipinski definition) is 4. The molecule has 5 heteroatoms. The fourth-order valence-corrected chi connectivity index (χ4v) is 1.86. The van der Waals surface area contributed by atoms with Crippen molar-refractivity contribution in [1.82, 2.24) is 10.6 Å². The Labute approximate surface area is 120 Å². The number of benzene rings is 1. The van der Waals surface area contributed by atoms with Gasteiger partial charge in [0.15, 0.2) is 0 Å². The van der Waals surface area contributed by atoms with Crippen molar-refractivity contribution >= 4 is 5.91 Å². The first kappa shape index (κ1) is 16.5. The van der Waals surface area contributed by atoms with Crippen molar-refractivity contribution in [3.8, 4) is 5.75 Å². The molecule has 0 heterocycles. The van der Waals surface area contributed by atoms with Crippen LogP contribution in [0.5, 0.6) is 5.75 Å². The van der Waals surface area contributed by atoms with Gasteiger partial charge in [0.1, 0.15) is 18.5 Å². The molecule has 0 spiro atoms. The third kappa shape index (κ3) is 6.54. The molecular formula is C15H24N2O3. The van der Waals surface area contributed by atoms with Crippen LogP contribution in [-0.2, 0) is 4.79 Å². The van der Waals surface area contributed by atoms with Gasteiger partial charge < -0.3 is 20.5 Å². The topological polar surface area (TPSA) is 70.6 Å². The van der Waals surface area contributed by atoms with E-state index in [1.165, 1.54) is 0 Å². The van der Waals surface area contributed by atoms with Crippen LogP contribution in [0.25, 0.3) is 0 Å². The molecule has 1 rings (SSSR count). The zero-order valence-corrected chi connectivity index (χ0v) is 12.4. The molecule has 20 heavy (non-hydrogen) atoms. The number of carbonyl (C=O) groups excluding carboxylic acids is 1. The zero-order valence-electron chi connectivity index (χ0n) is 12.4. The molecule has 112 valence electrons. The molecule has 1 aromatic rings. The van der Waals surface area contributed by atoms with E-state index in [2.05, 4.69) is 16.7 Å². The summed E-state index contributed by atoms with van der Waals surface area (Å²) in [5.41, 5.74) is 2.27. The van der Waals surface area contributed by atoms with Crippen LogP contribution < -0.4 is 15.4 Å². The Morgan fingerprint density at radius 1 is 1.30 bits per heavy atom. The van der Waals surface area contributed by atoms with E-state index in [0.717, 1.165) is 16.9 Å². The molecule has 1 atom stereocenters. The fraction of sp³-hybridized carbons (Fsp3) is 0.533. The minimum atomic E-state index is -0.597. The molecular weight excluding hydrogens is 256 g/mol. The van der Waals surface area contributed by atoms with Crippen molar-refractivity contribution in [3.05, 3.63) is 29.3 Å². The highest BCUT2D eigenvalue weighted by molar-refractivity contribution is 5.75. The second-order valence-corrected chi connectivity index (χ2v) is 4.92. The molecule has 1 amide bonds. The predicted octanol–water partition coefficient (Wildman–Crippen LogP) is 0.769. The minimum absolute atomic E-state index is 0.0153. The number of nitrogens with one attached hydrogen (secondary N) is 2. The van der Waals surface area contributed by atoms with E-state index in [1.807, 2.05) is 26.0 Å². The van der Waals surface area contributed by atoms with E-state index in [-0.39, 0.29) is 12.5 Å². The van der Waals surface area contributed by atoms with E-state index in [4.69, 9.17) is 4.74 Å². The van der Waals surface area contributed by atoms with Crippen molar-refractivity contribution in [2.75, 3.05) is 26.7 Å². The van der Waals surface area contributed by atoms with Gasteiger partial charge in [-0.15, -0.1) is 0 Å². The van der Waals surface area contributed by atoms with Crippen LogP contribution in [0.4, 0.5) is 0 Å². The number of aliphatic hydroxyl groups is 1. The second-order valence-electron chi connectivity index (χ2n) is 4.92. The van der Waals surface area contributed by atoms with Gasteiger partial charge in [0.25, 0.3) is 0 Å². The van der Waals surface area contributed by atoms with Gasteiger partial charge in [0.05, 0.1) is 0 Å². The Kier molecular flexibility index (Phi) is 7.04. The smallest absolute Gasteiger partial charge is 0.221 e. The largest absolute Gasteiger partial charge is 0.491 e. The highest BCUT2D eigenvalue weighted by Gasteiger charge is 2.06. The third-order valence-corrected chi connectivity index (χ3v) is 2.83. The maximum absolute atomic E-state index is 11.0. The van der Waals surface area contributed by atoms with Gasteiger partial charge in [0.2, 0.25) is 5.91 Å². The summed E-state index contributed by atoms with van der Waals surface area (Å²) in [5, 5.41) is 15.3. The quantitative estimate of drug-likeness (QED) is 0.615. The Hall–Kier alpha value is -1.59. The van der Waals surface area contributed by atoms with Gasteiger partial charge in [-0.25, -0.2) is 0 Å². The van der Waals surface area contributed by atoms with Crippen molar-refractivity contribution in [2.24, 2.45) is 0 Å². The number of hydrogen-bond donors (Lipinski definition) is 3. The van der Waals surface area contributed by atoms with Gasteiger partial charge in [-0.3, -0.25) is 4.79 Å². The number of aryl methyl sites for hydroxylation is 2. The summed E-state index contributed by atoms with van der Waals surface area (Å²) < 4.78 is 5.56. The summed E-state index contributed by atoms with van der Waals surface area (Å²) in [7, 11) is 1.61. The maximum Gasteiger partial charge on any atom is 0.221 e. The summed E-state index contributed by atoms with van der Waals surface area (Å²) in [4.78, 5) is 11.0. The van der Waals surface area contributed by atoms with E-state index < -0.39 is 6.10 Å². The summed E-state index contributed by atoms with van der Waals surface area (Å²) >= 11 is 0. The average Bonchev–Trinajstić information content (AvgIpc) is 2.40. The summed E-state index contributed by atoms with van der Waals surface area (Å²) in [5.74, 6) is 0.755. The van der Waals surface area contributed by atoms with Crippen molar-refractivity contribution in [1.29, 1.82) is 0 Å². The summed E-state index contributed by atoms with van der Waals surface area (Å²) in [6, 6.07) is 5.96. The van der Waals surface area contributed by atoms with Crippen LogP contribution in [0.2, 0.25) is 0 Å². The van der Waals surface area contributed by atoms with Crippen LogP contribution in [0.1, 0.15) is 17.5 Å². The molecule has 0 fully saturated rings. The molecule has 1 unspecified atom stereocenters. The van der Waals surface area contributed by atoms with Crippen molar-refractivity contribution in [2.45, 2.75) is 26.4 Å². The predicted molar refractivity (Wildman–Crippen MR) is 79.0 cm³/mol. The first-order valence-corrected chi connectivity index (χ1v) is 6.81. The Morgan fingerprint density at radius 2 is 1.95 bits per heavy atom. The molecule has 0 bridgehead atoms. The molecule has 0 saturated heterocycles. The monoisotopic (exact) mass is 280 g/mol. The Morgan fingerprint density at radius 3 is 2.55 bits per heavy atom. The van der Waals surface area contributed by atoms with Gasteiger partial charge in [-0.1, -0.05) is 6.07 Å².